The molecule has 3 heteroatoms. The van der Waals surface area contributed by atoms with Gasteiger partial charge in [0.05, 0.1) is 0 Å². The van der Waals surface area contributed by atoms with E-state index in [-0.39, 0.29) is 11.9 Å². The minimum absolute atomic E-state index is 0.125. The molecule has 0 spiro atoms. The van der Waals surface area contributed by atoms with E-state index in [4.69, 9.17) is 5.73 Å². The molecule has 2 rings (SSSR count). The topological polar surface area (TPSA) is 46.3 Å². The Bertz CT molecular complexity index is 450. The van der Waals surface area contributed by atoms with Gasteiger partial charge in [0, 0.05) is 23.8 Å². The van der Waals surface area contributed by atoms with E-state index < -0.39 is 0 Å². The molecule has 18 heavy (non-hydrogen) atoms. The molecule has 0 radical (unpaired) electrons. The number of anilines is 1. The van der Waals surface area contributed by atoms with Crippen molar-refractivity contribution in [2.24, 2.45) is 5.92 Å². The normalized spacial score (nSPS) is 14.9. The van der Waals surface area contributed by atoms with Crippen molar-refractivity contribution in [1.29, 1.82) is 0 Å². The zero-order chi connectivity index (χ0) is 13.3. The van der Waals surface area contributed by atoms with Crippen molar-refractivity contribution in [2.45, 2.75) is 39.7 Å². The molecule has 98 valence electrons. The fraction of sp³-hybridized carbons (Fsp3) is 0.533. The van der Waals surface area contributed by atoms with Crippen LogP contribution in [-0.4, -0.2) is 23.4 Å². The van der Waals surface area contributed by atoms with Gasteiger partial charge in [-0.15, -0.1) is 0 Å². The minimum Gasteiger partial charge on any atom is -0.399 e. The highest BCUT2D eigenvalue weighted by atomic mass is 16.2. The molecule has 0 heterocycles. The summed E-state index contributed by atoms with van der Waals surface area (Å²) >= 11 is 0. The summed E-state index contributed by atoms with van der Waals surface area (Å²) in [6.07, 6.45) is 2.52. The molecule has 1 aliphatic carbocycles. The standard InChI is InChI=1S/C15H22N2O/c1-10(2)17(9-12-4-5-12)15(18)13-6-7-14(16)11(3)8-13/h6-8,10,12H,4-5,9,16H2,1-3H3. The third kappa shape index (κ3) is 2.84. The van der Waals surface area contributed by atoms with Crippen LogP contribution in [0.15, 0.2) is 18.2 Å². The number of carbonyl (C=O) groups excluding carboxylic acids is 1. The quantitative estimate of drug-likeness (QED) is 0.830. The molecular formula is C15H22N2O. The Kier molecular flexibility index (Phi) is 3.60. The molecule has 1 aromatic rings. The third-order valence-electron chi connectivity index (χ3n) is 3.55. The molecule has 1 fully saturated rings. The number of hydrogen-bond acceptors (Lipinski definition) is 2. The highest BCUT2D eigenvalue weighted by Crippen LogP contribution is 2.31. The molecule has 1 aromatic carbocycles. The number of nitrogen functional groups attached to an aromatic ring is 1. The minimum atomic E-state index is 0.125. The van der Waals surface area contributed by atoms with Gasteiger partial charge in [-0.25, -0.2) is 0 Å². The predicted molar refractivity (Wildman–Crippen MR) is 74.5 cm³/mol. The lowest BCUT2D eigenvalue weighted by Crippen LogP contribution is -2.38. The largest absolute Gasteiger partial charge is 0.399 e. The van der Waals surface area contributed by atoms with Crippen LogP contribution in [0.3, 0.4) is 0 Å². The first-order valence-corrected chi connectivity index (χ1v) is 6.66. The van der Waals surface area contributed by atoms with Crippen molar-refractivity contribution in [1.82, 2.24) is 4.90 Å². The Morgan fingerprint density at radius 3 is 2.61 bits per heavy atom. The smallest absolute Gasteiger partial charge is 0.254 e. The Balaban J connectivity index is 2.18. The van der Waals surface area contributed by atoms with Crippen LogP contribution in [0, 0.1) is 12.8 Å². The molecule has 0 unspecified atom stereocenters. The van der Waals surface area contributed by atoms with Gasteiger partial charge < -0.3 is 10.6 Å². The van der Waals surface area contributed by atoms with Gasteiger partial charge in [0.15, 0.2) is 0 Å². The van der Waals surface area contributed by atoms with E-state index in [2.05, 4.69) is 13.8 Å². The van der Waals surface area contributed by atoms with Crippen LogP contribution in [0.1, 0.15) is 42.6 Å². The maximum Gasteiger partial charge on any atom is 0.254 e. The Morgan fingerprint density at radius 2 is 2.11 bits per heavy atom. The Hall–Kier alpha value is -1.51. The van der Waals surface area contributed by atoms with Crippen molar-refractivity contribution in [3.63, 3.8) is 0 Å². The summed E-state index contributed by atoms with van der Waals surface area (Å²) in [5.41, 5.74) is 8.25. The summed E-state index contributed by atoms with van der Waals surface area (Å²) in [4.78, 5) is 14.5. The molecule has 1 saturated carbocycles. The van der Waals surface area contributed by atoms with Crippen LogP contribution in [0.5, 0.6) is 0 Å². The van der Waals surface area contributed by atoms with Gasteiger partial charge in [0.25, 0.3) is 5.91 Å². The maximum atomic E-state index is 12.5. The monoisotopic (exact) mass is 246 g/mol. The number of nitrogens with zero attached hydrogens (tertiary/aromatic N) is 1. The Labute approximate surface area is 109 Å². The zero-order valence-corrected chi connectivity index (χ0v) is 11.4. The van der Waals surface area contributed by atoms with Crippen molar-refractivity contribution in [3.8, 4) is 0 Å². The number of amides is 1. The lowest BCUT2D eigenvalue weighted by Gasteiger charge is -2.27. The number of rotatable bonds is 4. The molecule has 3 nitrogen and oxygen atoms in total. The van der Waals surface area contributed by atoms with Gasteiger partial charge in [-0.1, -0.05) is 0 Å². The molecule has 1 amide bonds. The summed E-state index contributed by atoms with van der Waals surface area (Å²) in [7, 11) is 0. The second-order valence-electron chi connectivity index (χ2n) is 5.57. The van der Waals surface area contributed by atoms with E-state index in [0.29, 0.717) is 5.92 Å². The van der Waals surface area contributed by atoms with E-state index in [1.54, 1.807) is 0 Å². The first-order valence-electron chi connectivity index (χ1n) is 6.66. The van der Waals surface area contributed by atoms with Crippen molar-refractivity contribution in [3.05, 3.63) is 29.3 Å². The van der Waals surface area contributed by atoms with Crippen molar-refractivity contribution >= 4 is 11.6 Å². The van der Waals surface area contributed by atoms with E-state index in [1.165, 1.54) is 12.8 Å². The lowest BCUT2D eigenvalue weighted by molar-refractivity contribution is 0.0696. The molecule has 0 aliphatic heterocycles. The van der Waals surface area contributed by atoms with Crippen LogP contribution in [0.4, 0.5) is 5.69 Å². The maximum absolute atomic E-state index is 12.5. The van der Waals surface area contributed by atoms with Crippen LogP contribution in [0.2, 0.25) is 0 Å². The summed E-state index contributed by atoms with van der Waals surface area (Å²) in [5, 5.41) is 0. The number of carbonyl (C=O) groups is 1. The summed E-state index contributed by atoms with van der Waals surface area (Å²) in [6, 6.07) is 5.78. The number of hydrogen-bond donors (Lipinski definition) is 1. The highest BCUT2D eigenvalue weighted by molar-refractivity contribution is 5.95. The fourth-order valence-corrected chi connectivity index (χ4v) is 2.08. The van der Waals surface area contributed by atoms with E-state index in [1.807, 2.05) is 30.0 Å². The first-order chi connectivity index (χ1) is 8.49. The van der Waals surface area contributed by atoms with E-state index in [9.17, 15) is 4.79 Å². The van der Waals surface area contributed by atoms with Crippen LogP contribution in [-0.2, 0) is 0 Å². The van der Waals surface area contributed by atoms with Gasteiger partial charge in [-0.3, -0.25) is 4.79 Å². The number of aryl methyl sites for hydroxylation is 1. The summed E-state index contributed by atoms with van der Waals surface area (Å²) in [6.45, 7) is 6.97. The SMILES string of the molecule is Cc1cc(C(=O)N(CC2CC2)C(C)C)ccc1N. The zero-order valence-electron chi connectivity index (χ0n) is 11.4. The van der Waals surface area contributed by atoms with E-state index >= 15 is 0 Å². The summed E-state index contributed by atoms with van der Waals surface area (Å²) < 4.78 is 0. The first kappa shape index (κ1) is 12.9. The third-order valence-corrected chi connectivity index (χ3v) is 3.55. The van der Waals surface area contributed by atoms with Gasteiger partial charge in [-0.05, 0) is 63.3 Å². The molecule has 0 saturated heterocycles. The Morgan fingerprint density at radius 1 is 1.44 bits per heavy atom. The molecule has 0 aromatic heterocycles. The van der Waals surface area contributed by atoms with Crippen molar-refractivity contribution < 1.29 is 4.79 Å². The average molecular weight is 246 g/mol. The second kappa shape index (κ2) is 5.01. The molecule has 1 aliphatic rings. The van der Waals surface area contributed by atoms with Gasteiger partial charge in [0.2, 0.25) is 0 Å². The highest BCUT2D eigenvalue weighted by Gasteiger charge is 2.28. The molecule has 0 atom stereocenters. The van der Waals surface area contributed by atoms with Crippen LogP contribution < -0.4 is 5.73 Å². The molecule has 2 N–H and O–H groups in total. The second-order valence-corrected chi connectivity index (χ2v) is 5.57. The molecular weight excluding hydrogens is 224 g/mol. The number of nitrogens with two attached hydrogens (primary N) is 1. The van der Waals surface area contributed by atoms with Crippen LogP contribution in [0.25, 0.3) is 0 Å². The predicted octanol–water partition coefficient (Wildman–Crippen LogP) is 2.84. The number of benzene rings is 1. The fourth-order valence-electron chi connectivity index (χ4n) is 2.08. The van der Waals surface area contributed by atoms with Crippen LogP contribution >= 0.6 is 0 Å². The molecule has 0 bridgehead atoms. The van der Waals surface area contributed by atoms with Gasteiger partial charge >= 0.3 is 0 Å². The average Bonchev–Trinajstić information content (AvgIpc) is 3.12. The van der Waals surface area contributed by atoms with Crippen molar-refractivity contribution in [2.75, 3.05) is 12.3 Å². The summed E-state index contributed by atoms with van der Waals surface area (Å²) in [5.74, 6) is 0.839. The van der Waals surface area contributed by atoms with Gasteiger partial charge in [0.1, 0.15) is 0 Å². The lowest BCUT2D eigenvalue weighted by atomic mass is 10.1. The van der Waals surface area contributed by atoms with E-state index in [0.717, 1.165) is 23.4 Å². The van der Waals surface area contributed by atoms with Gasteiger partial charge in [-0.2, -0.15) is 0 Å².